The Morgan fingerprint density at radius 1 is 1.20 bits per heavy atom. The summed E-state index contributed by atoms with van der Waals surface area (Å²) in [7, 11) is 0. The van der Waals surface area contributed by atoms with Crippen LogP contribution in [0.25, 0.3) is 0 Å². The van der Waals surface area contributed by atoms with Gasteiger partial charge in [0.1, 0.15) is 5.75 Å². The Hall–Kier alpha value is -3.33. The summed E-state index contributed by atoms with van der Waals surface area (Å²) in [6.45, 7) is 3.11. The zero-order valence-electron chi connectivity index (χ0n) is 14.0. The van der Waals surface area contributed by atoms with Crippen LogP contribution in [0.15, 0.2) is 48.5 Å². The van der Waals surface area contributed by atoms with E-state index in [0.29, 0.717) is 17.0 Å². The summed E-state index contributed by atoms with van der Waals surface area (Å²) in [5.41, 5.74) is 2.02. The van der Waals surface area contributed by atoms with Gasteiger partial charge in [0.2, 0.25) is 0 Å². The minimum absolute atomic E-state index is 0.280. The monoisotopic (exact) mass is 338 g/mol. The molecule has 0 aromatic heterocycles. The van der Waals surface area contributed by atoms with Crippen molar-refractivity contribution in [3.8, 4) is 11.8 Å². The maximum absolute atomic E-state index is 12.0. The smallest absolute Gasteiger partial charge is 0.344 e. The second-order valence-electron chi connectivity index (χ2n) is 5.42. The molecule has 128 valence electrons. The number of anilines is 1. The summed E-state index contributed by atoms with van der Waals surface area (Å²) in [6.07, 6.45) is -0.968. The van der Waals surface area contributed by atoms with Crippen LogP contribution in [0.5, 0.6) is 5.75 Å². The lowest BCUT2D eigenvalue weighted by molar-refractivity contribution is -0.155. The van der Waals surface area contributed by atoms with Gasteiger partial charge in [-0.1, -0.05) is 12.1 Å². The predicted molar refractivity (Wildman–Crippen MR) is 92.0 cm³/mol. The highest BCUT2D eigenvalue weighted by Gasteiger charge is 2.18. The number of nitriles is 1. The molecule has 2 aromatic carbocycles. The van der Waals surface area contributed by atoms with Gasteiger partial charge in [-0.15, -0.1) is 0 Å². The molecule has 6 nitrogen and oxygen atoms in total. The second kappa shape index (κ2) is 8.50. The SMILES string of the molecule is Cc1cccc(OCC(=O)O[C@@H](C)C(=O)Nc2ccc(C#N)cc2)c1. The number of carbonyl (C=O) groups is 2. The second-order valence-corrected chi connectivity index (χ2v) is 5.42. The van der Waals surface area contributed by atoms with E-state index in [9.17, 15) is 9.59 Å². The topological polar surface area (TPSA) is 88.4 Å². The summed E-state index contributed by atoms with van der Waals surface area (Å²) in [5, 5.41) is 11.4. The third-order valence-electron chi connectivity index (χ3n) is 3.31. The lowest BCUT2D eigenvalue weighted by Crippen LogP contribution is -2.31. The summed E-state index contributed by atoms with van der Waals surface area (Å²) in [4.78, 5) is 23.8. The van der Waals surface area contributed by atoms with Gasteiger partial charge >= 0.3 is 5.97 Å². The van der Waals surface area contributed by atoms with Gasteiger partial charge in [0, 0.05) is 5.69 Å². The molecule has 2 aromatic rings. The number of amides is 1. The number of carbonyl (C=O) groups excluding carboxylic acids is 2. The molecule has 0 bridgehead atoms. The molecular formula is C19H18N2O4. The van der Waals surface area contributed by atoms with E-state index in [1.165, 1.54) is 6.92 Å². The van der Waals surface area contributed by atoms with Crippen molar-refractivity contribution >= 4 is 17.6 Å². The standard InChI is InChI=1S/C19H18N2O4/c1-13-4-3-5-17(10-13)24-12-18(22)25-14(2)19(23)21-16-8-6-15(11-20)7-9-16/h3-10,14H,12H2,1-2H3,(H,21,23)/t14-/m0/s1. The summed E-state index contributed by atoms with van der Waals surface area (Å²) in [5.74, 6) is -0.538. The first-order valence-corrected chi connectivity index (χ1v) is 7.68. The number of aryl methyl sites for hydroxylation is 1. The van der Waals surface area contributed by atoms with Crippen LogP contribution in [0.2, 0.25) is 0 Å². The fourth-order valence-electron chi connectivity index (χ4n) is 2.00. The molecule has 0 saturated carbocycles. The van der Waals surface area contributed by atoms with Crippen LogP contribution in [0.4, 0.5) is 5.69 Å². The molecule has 25 heavy (non-hydrogen) atoms. The van der Waals surface area contributed by atoms with E-state index in [1.54, 1.807) is 36.4 Å². The maximum Gasteiger partial charge on any atom is 0.344 e. The minimum atomic E-state index is -0.968. The first-order chi connectivity index (χ1) is 12.0. The van der Waals surface area contributed by atoms with Crippen LogP contribution in [-0.4, -0.2) is 24.6 Å². The van der Waals surface area contributed by atoms with E-state index in [0.717, 1.165) is 5.56 Å². The predicted octanol–water partition coefficient (Wildman–Crippen LogP) is 2.82. The molecule has 0 unspecified atom stereocenters. The van der Waals surface area contributed by atoms with Crippen molar-refractivity contribution in [1.29, 1.82) is 5.26 Å². The molecule has 0 heterocycles. The van der Waals surface area contributed by atoms with Gasteiger partial charge < -0.3 is 14.8 Å². The maximum atomic E-state index is 12.0. The molecule has 0 aliphatic heterocycles. The van der Waals surface area contributed by atoms with Crippen molar-refractivity contribution in [3.05, 3.63) is 59.7 Å². The van der Waals surface area contributed by atoms with Gasteiger partial charge in [-0.05, 0) is 55.8 Å². The molecular weight excluding hydrogens is 320 g/mol. The Labute approximate surface area is 146 Å². The number of nitrogens with zero attached hydrogens (tertiary/aromatic N) is 1. The van der Waals surface area contributed by atoms with Crippen LogP contribution < -0.4 is 10.1 Å². The minimum Gasteiger partial charge on any atom is -0.482 e. The highest BCUT2D eigenvalue weighted by atomic mass is 16.6. The first kappa shape index (κ1) is 18.0. The summed E-state index contributed by atoms with van der Waals surface area (Å²) >= 11 is 0. The fourth-order valence-corrected chi connectivity index (χ4v) is 2.00. The molecule has 0 fully saturated rings. The van der Waals surface area contributed by atoms with Gasteiger partial charge in [0.05, 0.1) is 11.6 Å². The first-order valence-electron chi connectivity index (χ1n) is 7.68. The van der Waals surface area contributed by atoms with Crippen LogP contribution in [0, 0.1) is 18.3 Å². The number of esters is 1. The Balaban J connectivity index is 1.81. The van der Waals surface area contributed by atoms with Gasteiger partial charge in [0.25, 0.3) is 5.91 Å². The van der Waals surface area contributed by atoms with Crippen molar-refractivity contribution in [2.24, 2.45) is 0 Å². The molecule has 0 spiro atoms. The normalized spacial score (nSPS) is 11.1. The molecule has 1 amide bonds. The van der Waals surface area contributed by atoms with Gasteiger partial charge in [0.15, 0.2) is 12.7 Å². The number of ether oxygens (including phenoxy) is 2. The summed E-state index contributed by atoms with van der Waals surface area (Å²) in [6, 6.07) is 15.6. The van der Waals surface area contributed by atoms with Crippen molar-refractivity contribution in [2.45, 2.75) is 20.0 Å². The third-order valence-corrected chi connectivity index (χ3v) is 3.31. The van der Waals surface area contributed by atoms with Crippen molar-refractivity contribution < 1.29 is 19.1 Å². The van der Waals surface area contributed by atoms with E-state index in [-0.39, 0.29) is 6.61 Å². The number of benzene rings is 2. The van der Waals surface area contributed by atoms with Crippen LogP contribution >= 0.6 is 0 Å². The number of hydrogen-bond acceptors (Lipinski definition) is 5. The van der Waals surface area contributed by atoms with E-state index < -0.39 is 18.0 Å². The van der Waals surface area contributed by atoms with E-state index >= 15 is 0 Å². The highest BCUT2D eigenvalue weighted by molar-refractivity contribution is 5.95. The lowest BCUT2D eigenvalue weighted by Gasteiger charge is -2.14. The molecule has 6 heteroatoms. The molecule has 0 saturated heterocycles. The van der Waals surface area contributed by atoms with Crippen molar-refractivity contribution in [3.63, 3.8) is 0 Å². The largest absolute Gasteiger partial charge is 0.482 e. The Bertz CT molecular complexity index is 794. The number of nitrogens with one attached hydrogen (secondary N) is 1. The highest BCUT2D eigenvalue weighted by Crippen LogP contribution is 2.13. The van der Waals surface area contributed by atoms with Crippen molar-refractivity contribution in [1.82, 2.24) is 0 Å². The Morgan fingerprint density at radius 2 is 1.92 bits per heavy atom. The van der Waals surface area contributed by atoms with Crippen LogP contribution in [0.1, 0.15) is 18.1 Å². The number of rotatable bonds is 6. The van der Waals surface area contributed by atoms with Gasteiger partial charge in [-0.3, -0.25) is 4.79 Å². The molecule has 0 aliphatic rings. The van der Waals surface area contributed by atoms with E-state index in [4.69, 9.17) is 14.7 Å². The lowest BCUT2D eigenvalue weighted by atomic mass is 10.2. The molecule has 0 aliphatic carbocycles. The van der Waals surface area contributed by atoms with Crippen molar-refractivity contribution in [2.75, 3.05) is 11.9 Å². The molecule has 0 radical (unpaired) electrons. The zero-order valence-corrected chi connectivity index (χ0v) is 14.0. The van der Waals surface area contributed by atoms with Gasteiger partial charge in [-0.2, -0.15) is 5.26 Å². The Kier molecular flexibility index (Phi) is 6.13. The number of hydrogen-bond donors (Lipinski definition) is 1. The average molecular weight is 338 g/mol. The van der Waals surface area contributed by atoms with Crippen LogP contribution in [-0.2, 0) is 14.3 Å². The van der Waals surface area contributed by atoms with E-state index in [1.807, 2.05) is 25.1 Å². The third kappa shape index (κ3) is 5.66. The Morgan fingerprint density at radius 3 is 2.56 bits per heavy atom. The average Bonchev–Trinajstić information content (AvgIpc) is 2.60. The molecule has 2 rings (SSSR count). The fraction of sp³-hybridized carbons (Fsp3) is 0.211. The molecule has 1 N–H and O–H groups in total. The van der Waals surface area contributed by atoms with Gasteiger partial charge in [-0.25, -0.2) is 4.79 Å². The quantitative estimate of drug-likeness (QED) is 0.818. The zero-order chi connectivity index (χ0) is 18.2. The summed E-state index contributed by atoms with van der Waals surface area (Å²) < 4.78 is 10.4. The van der Waals surface area contributed by atoms with Crippen LogP contribution in [0.3, 0.4) is 0 Å². The molecule has 1 atom stereocenters. The van der Waals surface area contributed by atoms with E-state index in [2.05, 4.69) is 5.32 Å².